The number of amides is 3. The highest BCUT2D eigenvalue weighted by Crippen LogP contribution is 2.31. The molecule has 0 atom stereocenters. The average molecular weight is 654 g/mol. The third kappa shape index (κ3) is 7.29. The number of hydrogen-bond acceptors (Lipinski definition) is 4. The number of urea groups is 1. The van der Waals surface area contributed by atoms with Crippen LogP contribution in [0.3, 0.4) is 0 Å². The van der Waals surface area contributed by atoms with Gasteiger partial charge in [-0.3, -0.25) is 10.1 Å². The van der Waals surface area contributed by atoms with Crippen LogP contribution in [0.25, 0.3) is 15.8 Å². The van der Waals surface area contributed by atoms with Crippen LogP contribution >= 0.6 is 22.9 Å². The summed E-state index contributed by atoms with van der Waals surface area (Å²) in [5.41, 5.74) is 5.68. The van der Waals surface area contributed by atoms with Crippen molar-refractivity contribution in [1.82, 2.24) is 14.7 Å². The molecular weight excluding hydrogens is 614 g/mol. The maximum atomic E-state index is 13.4. The Morgan fingerprint density at radius 2 is 1.70 bits per heavy atom. The van der Waals surface area contributed by atoms with Crippen LogP contribution < -0.4 is 10.6 Å². The summed E-state index contributed by atoms with van der Waals surface area (Å²) >= 11 is 7.87. The Hall–Kier alpha value is -4.14. The molecule has 1 aliphatic rings. The Kier molecular flexibility index (Phi) is 9.20. The second-order valence-electron chi connectivity index (χ2n) is 13.3. The number of anilines is 2. The summed E-state index contributed by atoms with van der Waals surface area (Å²) in [5.74, 6) is 1.20. The van der Waals surface area contributed by atoms with Crippen molar-refractivity contribution >= 4 is 56.5 Å². The molecule has 9 heteroatoms. The number of piperidine rings is 1. The number of aryl methyl sites for hydroxylation is 1. The van der Waals surface area contributed by atoms with E-state index in [9.17, 15) is 9.59 Å². The van der Waals surface area contributed by atoms with E-state index >= 15 is 0 Å². The summed E-state index contributed by atoms with van der Waals surface area (Å²) in [6, 6.07) is 23.5. The lowest BCUT2D eigenvalue weighted by atomic mass is 9.89. The molecule has 0 bridgehead atoms. The van der Waals surface area contributed by atoms with Crippen LogP contribution in [0.15, 0.2) is 78.2 Å². The summed E-state index contributed by atoms with van der Waals surface area (Å²) in [4.78, 5) is 28.6. The van der Waals surface area contributed by atoms with Gasteiger partial charge < -0.3 is 10.2 Å². The Labute approximate surface area is 279 Å². The molecule has 7 nitrogen and oxygen atoms in total. The van der Waals surface area contributed by atoms with Crippen molar-refractivity contribution < 1.29 is 9.59 Å². The van der Waals surface area contributed by atoms with Crippen molar-refractivity contribution in [3.8, 4) is 5.69 Å². The fraction of sp³-hybridized carbons (Fsp3) is 0.324. The van der Waals surface area contributed by atoms with E-state index in [4.69, 9.17) is 16.7 Å². The van der Waals surface area contributed by atoms with Crippen LogP contribution in [-0.4, -0.2) is 39.7 Å². The quantitative estimate of drug-likeness (QED) is 0.184. The van der Waals surface area contributed by atoms with Crippen LogP contribution in [0.4, 0.5) is 16.3 Å². The number of aromatic nitrogens is 2. The van der Waals surface area contributed by atoms with E-state index in [2.05, 4.69) is 42.9 Å². The normalized spacial score (nSPS) is 14.1. The second kappa shape index (κ2) is 13.3. The van der Waals surface area contributed by atoms with Gasteiger partial charge in [0.2, 0.25) is 5.91 Å². The van der Waals surface area contributed by atoms with Crippen molar-refractivity contribution in [1.29, 1.82) is 0 Å². The van der Waals surface area contributed by atoms with Crippen molar-refractivity contribution in [2.24, 2.45) is 5.92 Å². The number of benzene rings is 3. The molecule has 2 N–H and O–H groups in total. The molecule has 0 radical (unpaired) electrons. The van der Waals surface area contributed by atoms with E-state index in [1.54, 1.807) is 16.0 Å². The highest BCUT2D eigenvalue weighted by atomic mass is 35.5. The molecule has 3 heterocycles. The molecule has 1 saturated heterocycles. The molecule has 0 spiro atoms. The van der Waals surface area contributed by atoms with Gasteiger partial charge in [-0.15, -0.1) is 11.3 Å². The van der Waals surface area contributed by atoms with Crippen molar-refractivity contribution in [3.63, 3.8) is 0 Å². The van der Waals surface area contributed by atoms with E-state index in [-0.39, 0.29) is 17.4 Å². The summed E-state index contributed by atoms with van der Waals surface area (Å²) in [5, 5.41) is 14.8. The van der Waals surface area contributed by atoms with Crippen molar-refractivity contribution in [3.05, 3.63) is 106 Å². The summed E-state index contributed by atoms with van der Waals surface area (Å²) < 4.78 is 2.94. The Morgan fingerprint density at radius 1 is 0.957 bits per heavy atom. The predicted octanol–water partition coefficient (Wildman–Crippen LogP) is 9.01. The first-order valence-electron chi connectivity index (χ1n) is 15.8. The molecule has 3 aromatic carbocycles. The fourth-order valence-electron chi connectivity index (χ4n) is 5.97. The molecule has 2 aromatic heterocycles. The zero-order valence-corrected chi connectivity index (χ0v) is 28.3. The van der Waals surface area contributed by atoms with E-state index in [1.807, 2.05) is 78.6 Å². The highest BCUT2D eigenvalue weighted by Gasteiger charge is 2.25. The van der Waals surface area contributed by atoms with Gasteiger partial charge >= 0.3 is 6.03 Å². The number of para-hydroxylation sites is 1. The number of carbonyl (C=O) groups excluding carboxylic acids is 2. The van der Waals surface area contributed by atoms with Gasteiger partial charge in [0.1, 0.15) is 5.82 Å². The lowest BCUT2D eigenvalue weighted by Gasteiger charge is -2.32. The van der Waals surface area contributed by atoms with Gasteiger partial charge in [-0.1, -0.05) is 68.3 Å². The van der Waals surface area contributed by atoms with Gasteiger partial charge in [0.25, 0.3) is 0 Å². The van der Waals surface area contributed by atoms with Gasteiger partial charge in [0, 0.05) is 40.0 Å². The number of likely N-dealkylation sites (tertiary alicyclic amines) is 1. The smallest absolute Gasteiger partial charge is 0.324 e. The lowest BCUT2D eigenvalue weighted by molar-refractivity contribution is -0.131. The summed E-state index contributed by atoms with van der Waals surface area (Å²) in [6.45, 7) is 9.85. The topological polar surface area (TPSA) is 79.3 Å². The zero-order chi connectivity index (χ0) is 32.4. The standard InChI is InChI=1S/C37H40ClN5O2S/c1-24-9-12-29(13-10-24)43-34(22-33(41-43)37(2,3)4)40-36(45)39-31-8-6-5-7-26(31)19-25-15-17-42(18-16-25)35(44)20-27-23-46-32-14-11-28(38)21-30(27)32/h5-14,21-23,25H,15-20H2,1-4H3,(H2,39,40,45). The number of thiophene rings is 1. The minimum Gasteiger partial charge on any atom is -0.342 e. The second-order valence-corrected chi connectivity index (χ2v) is 14.6. The van der Waals surface area contributed by atoms with E-state index < -0.39 is 0 Å². The molecule has 6 rings (SSSR count). The molecular formula is C37H40ClN5O2S. The number of fused-ring (bicyclic) bond motifs is 1. The minimum atomic E-state index is -0.316. The zero-order valence-electron chi connectivity index (χ0n) is 26.8. The van der Waals surface area contributed by atoms with Gasteiger partial charge in [0.15, 0.2) is 0 Å². The third-order valence-electron chi connectivity index (χ3n) is 8.70. The Balaban J connectivity index is 1.08. The van der Waals surface area contributed by atoms with Gasteiger partial charge in [-0.25, -0.2) is 9.48 Å². The van der Waals surface area contributed by atoms with Crippen LogP contribution in [0.1, 0.15) is 56.0 Å². The molecule has 1 aliphatic heterocycles. The van der Waals surface area contributed by atoms with Crippen LogP contribution in [0.5, 0.6) is 0 Å². The molecule has 1 fully saturated rings. The maximum Gasteiger partial charge on any atom is 0.324 e. The maximum absolute atomic E-state index is 13.4. The molecule has 238 valence electrons. The van der Waals surface area contributed by atoms with E-state index in [0.29, 0.717) is 23.2 Å². The van der Waals surface area contributed by atoms with Gasteiger partial charge in [-0.05, 0) is 90.4 Å². The van der Waals surface area contributed by atoms with Crippen molar-refractivity contribution in [2.75, 3.05) is 23.7 Å². The first-order valence-corrected chi connectivity index (χ1v) is 17.1. The van der Waals surface area contributed by atoms with Gasteiger partial charge in [0.05, 0.1) is 17.8 Å². The van der Waals surface area contributed by atoms with Gasteiger partial charge in [-0.2, -0.15) is 5.10 Å². The Morgan fingerprint density at radius 3 is 2.43 bits per heavy atom. The van der Waals surface area contributed by atoms with E-state index in [1.165, 1.54) is 0 Å². The number of nitrogens with one attached hydrogen (secondary N) is 2. The Bertz CT molecular complexity index is 1860. The molecule has 0 saturated carbocycles. The predicted molar refractivity (Wildman–Crippen MR) is 190 cm³/mol. The summed E-state index contributed by atoms with van der Waals surface area (Å²) in [6.07, 6.45) is 3.08. The lowest BCUT2D eigenvalue weighted by Crippen LogP contribution is -2.39. The summed E-state index contributed by atoms with van der Waals surface area (Å²) in [7, 11) is 0. The number of halogens is 1. The van der Waals surface area contributed by atoms with E-state index in [0.717, 1.165) is 76.2 Å². The fourth-order valence-corrected chi connectivity index (χ4v) is 7.09. The number of carbonyl (C=O) groups is 2. The molecule has 0 aliphatic carbocycles. The molecule has 5 aromatic rings. The van der Waals surface area contributed by atoms with Crippen LogP contribution in [0, 0.1) is 12.8 Å². The number of hydrogen-bond donors (Lipinski definition) is 2. The van der Waals surface area contributed by atoms with Crippen LogP contribution in [0.2, 0.25) is 5.02 Å². The number of rotatable bonds is 7. The molecule has 46 heavy (non-hydrogen) atoms. The average Bonchev–Trinajstić information content (AvgIpc) is 3.63. The van der Waals surface area contributed by atoms with Crippen LogP contribution in [-0.2, 0) is 23.1 Å². The first-order chi connectivity index (χ1) is 22.0. The monoisotopic (exact) mass is 653 g/mol. The SMILES string of the molecule is Cc1ccc(-n2nc(C(C)(C)C)cc2NC(=O)Nc2ccccc2CC2CCN(C(=O)Cc3csc4ccc(Cl)cc34)CC2)cc1. The molecule has 3 amide bonds. The number of nitrogens with zero attached hydrogens (tertiary/aromatic N) is 3. The largest absolute Gasteiger partial charge is 0.342 e. The first kappa shape index (κ1) is 31.8. The highest BCUT2D eigenvalue weighted by molar-refractivity contribution is 7.17. The van der Waals surface area contributed by atoms with Crippen molar-refractivity contribution in [2.45, 2.75) is 58.8 Å². The minimum absolute atomic E-state index is 0.163. The third-order valence-corrected chi connectivity index (χ3v) is 9.94. The molecule has 0 unspecified atom stereocenters.